The maximum atomic E-state index is 2.37. The van der Waals surface area contributed by atoms with Crippen LogP contribution in [-0.2, 0) is 23.3 Å². The predicted octanol–water partition coefficient (Wildman–Crippen LogP) is 16.4. The molecule has 0 amide bonds. The molecule has 0 aliphatic rings. The van der Waals surface area contributed by atoms with E-state index in [4.69, 9.17) is 0 Å². The van der Waals surface area contributed by atoms with E-state index in [9.17, 15) is 0 Å². The summed E-state index contributed by atoms with van der Waals surface area (Å²) in [6, 6.07) is 98.6. The molecule has 392 valence electrons. The Bertz CT molecular complexity index is 4310. The van der Waals surface area contributed by atoms with E-state index in [-0.39, 0.29) is 30.2 Å². The van der Waals surface area contributed by atoms with Crippen molar-refractivity contribution in [3.63, 3.8) is 0 Å². The van der Waals surface area contributed by atoms with Crippen LogP contribution < -0.4 is 24.8 Å². The molecule has 0 heterocycles. The Morgan fingerprint density at radius 2 is 0.439 bits per heavy atom. The van der Waals surface area contributed by atoms with Crippen LogP contribution in [0, 0.1) is 13.8 Å². The van der Waals surface area contributed by atoms with Gasteiger partial charge in [0, 0.05) is 0 Å². The van der Waals surface area contributed by atoms with E-state index in [1.165, 1.54) is 163 Å². The van der Waals surface area contributed by atoms with Crippen molar-refractivity contribution in [3.05, 3.63) is 278 Å². The Kier molecular flexibility index (Phi) is 15.2. The summed E-state index contributed by atoms with van der Waals surface area (Å²) in [5.41, 5.74) is 13.3. The van der Waals surface area contributed by atoms with E-state index in [2.05, 4.69) is 294 Å². The summed E-state index contributed by atoms with van der Waals surface area (Å²) in [5.74, 6) is 0. The van der Waals surface area contributed by atoms with E-state index in [1.54, 1.807) is 23.3 Å². The number of hydrogen-bond donors (Lipinski definition) is 0. The SMILES string of the molecule is C[Si](C)=[Zr+2].Cc1cc2c(-c3c4ccccc4cc4ccccc34)ccc(-c3c4ccccc4cc4ccccc34)c2[cH-]1.Cc1cc2c(-c3c4ccccc4cc4ccccc34)ccc(-c3c4ccccc4cc4ccccc34)c2[cH-]1.[Cl-].[Cl-]. The van der Waals surface area contributed by atoms with Crippen molar-refractivity contribution >= 4 is 113 Å². The number of halogens is 2. The molecule has 0 fully saturated rings. The molecular formula is C78H56Cl2SiZr-2. The fraction of sp³-hybridized carbons (Fsp3) is 0.0513. The molecule has 0 aromatic heterocycles. The fourth-order valence-electron chi connectivity index (χ4n) is 13.0. The predicted molar refractivity (Wildman–Crippen MR) is 348 cm³/mol. The monoisotopic (exact) mass is 1180 g/mol. The van der Waals surface area contributed by atoms with Crippen molar-refractivity contribution in [2.45, 2.75) is 26.9 Å². The summed E-state index contributed by atoms with van der Waals surface area (Å²) in [5, 5.41) is 25.9. The molecule has 16 aromatic rings. The third kappa shape index (κ3) is 9.66. The molecule has 0 saturated carbocycles. The van der Waals surface area contributed by atoms with Gasteiger partial charge in [0.2, 0.25) is 0 Å². The molecule has 0 spiro atoms. The number of fused-ring (bicyclic) bond motifs is 10. The molecule has 0 N–H and O–H groups in total. The zero-order valence-corrected chi connectivity index (χ0v) is 51.1. The molecule has 0 bridgehead atoms. The second-order valence-corrected chi connectivity index (χ2v) is 31.2. The van der Waals surface area contributed by atoms with Crippen LogP contribution in [0.5, 0.6) is 0 Å². The Balaban J connectivity index is 0.000000149. The van der Waals surface area contributed by atoms with Crippen molar-refractivity contribution in [1.29, 1.82) is 0 Å². The first-order valence-corrected chi connectivity index (χ1v) is 34.0. The van der Waals surface area contributed by atoms with Crippen molar-refractivity contribution in [2.24, 2.45) is 0 Å². The molecule has 0 atom stereocenters. The van der Waals surface area contributed by atoms with Gasteiger partial charge in [-0.15, -0.1) is 44.8 Å². The average molecular weight is 1180 g/mol. The largest absolute Gasteiger partial charge is 1.00 e. The Hall–Kier alpha value is -7.94. The molecule has 0 unspecified atom stereocenters. The van der Waals surface area contributed by atoms with E-state index in [0.717, 1.165) is 0 Å². The molecule has 0 aliphatic heterocycles. The molecule has 16 aromatic carbocycles. The quantitative estimate of drug-likeness (QED) is 0.0936. The van der Waals surface area contributed by atoms with Gasteiger partial charge >= 0.3 is 41.9 Å². The molecule has 0 radical (unpaired) electrons. The number of aryl methyl sites for hydroxylation is 2. The first kappa shape index (κ1) is 54.6. The normalized spacial score (nSPS) is 11.3. The van der Waals surface area contributed by atoms with Gasteiger partial charge in [0.1, 0.15) is 0 Å². The molecule has 16 rings (SSSR count). The van der Waals surface area contributed by atoms with Crippen molar-refractivity contribution < 1.29 is 48.1 Å². The molecule has 4 heteroatoms. The van der Waals surface area contributed by atoms with E-state index < -0.39 is 0 Å². The minimum atomic E-state index is 0. The van der Waals surface area contributed by atoms with Gasteiger partial charge in [0.15, 0.2) is 0 Å². The third-order valence-corrected chi connectivity index (χ3v) is 16.2. The minimum Gasteiger partial charge on any atom is -1.00 e. The van der Waals surface area contributed by atoms with Crippen molar-refractivity contribution in [2.75, 3.05) is 0 Å². The van der Waals surface area contributed by atoms with Crippen LogP contribution in [0.1, 0.15) is 11.1 Å². The minimum absolute atomic E-state index is 0. The van der Waals surface area contributed by atoms with Crippen LogP contribution in [0.4, 0.5) is 0 Å². The van der Waals surface area contributed by atoms with Gasteiger partial charge in [0.25, 0.3) is 0 Å². The van der Waals surface area contributed by atoms with E-state index in [0.29, 0.717) is 0 Å². The van der Waals surface area contributed by atoms with Gasteiger partial charge in [-0.05, 0) is 133 Å². The molecule has 0 aliphatic carbocycles. The summed E-state index contributed by atoms with van der Waals surface area (Å²) in [6.07, 6.45) is 0. The van der Waals surface area contributed by atoms with Crippen LogP contribution in [0.15, 0.2) is 267 Å². The maximum Gasteiger partial charge on any atom is -0.0107 e. The van der Waals surface area contributed by atoms with Crippen LogP contribution in [-0.4, -0.2) is 5.43 Å². The molecule has 82 heavy (non-hydrogen) atoms. The first-order valence-electron chi connectivity index (χ1n) is 27.8. The third-order valence-electron chi connectivity index (χ3n) is 16.2. The topological polar surface area (TPSA) is 0 Å². The number of hydrogen-bond acceptors (Lipinski definition) is 0. The van der Waals surface area contributed by atoms with Gasteiger partial charge in [0.05, 0.1) is 0 Å². The number of rotatable bonds is 4. The van der Waals surface area contributed by atoms with Crippen molar-refractivity contribution in [1.82, 2.24) is 0 Å². The molecule has 0 nitrogen and oxygen atoms in total. The summed E-state index contributed by atoms with van der Waals surface area (Å²) in [7, 11) is 0. The molecular weight excluding hydrogens is 1130 g/mol. The standard InChI is InChI=1S/2C38H25.C2H6Si.2ClH.Zr/c2*1-24-20-35-33(37-29-14-6-2-10-25(29)22-26-11-3-7-15-30(26)37)18-19-34(36(35)21-24)38-31-16-8-4-12-27(31)23-28-13-5-9-17-32(28)38;1-3-2;;;/h2*2-23H,1H3;1-2H3;2*1H;/q2*-1;;;;+2/p-2. The Morgan fingerprint density at radius 3 is 0.659 bits per heavy atom. The zero-order chi connectivity index (χ0) is 54.0. The number of benzene rings is 14. The fourth-order valence-corrected chi connectivity index (χ4v) is 13.0. The summed E-state index contributed by atoms with van der Waals surface area (Å²) in [4.78, 5) is 0. The van der Waals surface area contributed by atoms with Gasteiger partial charge in [-0.3, -0.25) is 0 Å². The zero-order valence-electron chi connectivity index (χ0n) is 46.2. The van der Waals surface area contributed by atoms with Gasteiger partial charge in [-0.25, -0.2) is 0 Å². The van der Waals surface area contributed by atoms with Gasteiger partial charge in [-0.1, -0.05) is 254 Å². The van der Waals surface area contributed by atoms with E-state index in [1.807, 2.05) is 0 Å². The van der Waals surface area contributed by atoms with E-state index >= 15 is 0 Å². The average Bonchev–Trinajstić information content (AvgIpc) is 4.27. The van der Waals surface area contributed by atoms with Gasteiger partial charge < -0.3 is 24.8 Å². The Labute approximate surface area is 506 Å². The summed E-state index contributed by atoms with van der Waals surface area (Å²) < 4.78 is 0. The first-order chi connectivity index (χ1) is 39.3. The Morgan fingerprint density at radius 1 is 0.256 bits per heavy atom. The maximum absolute atomic E-state index is 2.37. The summed E-state index contributed by atoms with van der Waals surface area (Å²) >= 11 is 1.74. The van der Waals surface area contributed by atoms with Crippen LogP contribution in [0.25, 0.3) is 152 Å². The second-order valence-electron chi connectivity index (χ2n) is 21.8. The van der Waals surface area contributed by atoms with Crippen LogP contribution in [0.3, 0.4) is 0 Å². The van der Waals surface area contributed by atoms with Crippen molar-refractivity contribution in [3.8, 4) is 44.5 Å². The van der Waals surface area contributed by atoms with Crippen LogP contribution >= 0.6 is 0 Å². The summed E-state index contributed by atoms with van der Waals surface area (Å²) in [6.45, 7) is 9.05. The molecule has 0 saturated heterocycles. The van der Waals surface area contributed by atoms with Gasteiger partial charge in [-0.2, -0.15) is 12.1 Å². The smallest absolute Gasteiger partial charge is 0.0107 e. The van der Waals surface area contributed by atoms with Crippen LogP contribution in [0.2, 0.25) is 13.1 Å². The second kappa shape index (κ2) is 22.8.